The van der Waals surface area contributed by atoms with E-state index in [9.17, 15) is 0 Å². The molecular formula is C2H9ClO2Si2. The van der Waals surface area contributed by atoms with Crippen molar-refractivity contribution in [2.45, 2.75) is 13.1 Å². The van der Waals surface area contributed by atoms with E-state index < -0.39 is 17.6 Å². The van der Waals surface area contributed by atoms with Crippen molar-refractivity contribution in [3.63, 3.8) is 0 Å². The fourth-order valence-electron chi connectivity index (χ4n) is 0.271. The topological polar surface area (TPSA) is 29.5 Å². The maximum atomic E-state index is 8.59. The molecular weight excluding hydrogens is 148 g/mol. The van der Waals surface area contributed by atoms with Crippen molar-refractivity contribution < 1.29 is 8.91 Å². The van der Waals surface area contributed by atoms with Crippen LogP contribution in [0.3, 0.4) is 0 Å². The highest BCUT2D eigenvalue weighted by molar-refractivity contribution is 7.04. The minimum absolute atomic E-state index is 1.44. The van der Waals surface area contributed by atoms with Crippen LogP contribution in [0.15, 0.2) is 0 Å². The summed E-state index contributed by atoms with van der Waals surface area (Å²) in [5.74, 6) is 0. The molecule has 0 aliphatic rings. The molecule has 0 aromatic heterocycles. The molecule has 0 radical (unpaired) electrons. The molecule has 0 aliphatic carbocycles. The zero-order chi connectivity index (χ0) is 5.86. The highest BCUT2D eigenvalue weighted by atomic mass is 35.6. The lowest BCUT2D eigenvalue weighted by Crippen LogP contribution is -2.19. The lowest BCUT2D eigenvalue weighted by Gasteiger charge is -2.03. The number of halogens is 1. The Labute approximate surface area is 51.3 Å². The summed E-state index contributed by atoms with van der Waals surface area (Å²) in [6.07, 6.45) is 0. The van der Waals surface area contributed by atoms with Gasteiger partial charge in [-0.2, -0.15) is 0 Å². The molecule has 0 saturated heterocycles. The van der Waals surface area contributed by atoms with Gasteiger partial charge in [0.05, 0.1) is 0 Å². The van der Waals surface area contributed by atoms with E-state index in [-0.39, 0.29) is 0 Å². The Hall–Kier alpha value is 0.644. The molecule has 0 spiro atoms. The summed E-state index contributed by atoms with van der Waals surface area (Å²) in [6, 6.07) is 0. The van der Waals surface area contributed by atoms with Crippen LogP contribution in [-0.2, 0) is 4.12 Å². The molecule has 0 aliphatic heterocycles. The Morgan fingerprint density at radius 3 is 2.00 bits per heavy atom. The minimum atomic E-state index is -1.80. The van der Waals surface area contributed by atoms with Gasteiger partial charge in [-0.1, -0.05) is 0 Å². The Bertz CT molecular complexity index is 43.0. The van der Waals surface area contributed by atoms with Crippen LogP contribution in [0.2, 0.25) is 13.1 Å². The van der Waals surface area contributed by atoms with Gasteiger partial charge in [-0.15, -0.1) is 11.1 Å². The first-order chi connectivity index (χ1) is 3.13. The molecule has 0 amide bonds. The van der Waals surface area contributed by atoms with Crippen LogP contribution in [0.25, 0.3) is 0 Å². The first kappa shape index (κ1) is 7.64. The van der Waals surface area contributed by atoms with Crippen molar-refractivity contribution >= 4 is 28.7 Å². The number of hydrogen-bond donors (Lipinski definition) is 1. The fraction of sp³-hybridized carbons (Fsp3) is 1.00. The molecule has 2 atom stereocenters. The molecule has 7 heavy (non-hydrogen) atoms. The van der Waals surface area contributed by atoms with Crippen molar-refractivity contribution in [2.75, 3.05) is 0 Å². The summed E-state index contributed by atoms with van der Waals surface area (Å²) in [5, 5.41) is 0. The lowest BCUT2D eigenvalue weighted by molar-refractivity contribution is 0.437. The fourth-order valence-corrected chi connectivity index (χ4v) is 3.78. The summed E-state index contributed by atoms with van der Waals surface area (Å²) in [5.41, 5.74) is 0. The molecule has 0 aromatic rings. The predicted octanol–water partition coefficient (Wildman–Crippen LogP) is -0.0653. The van der Waals surface area contributed by atoms with Crippen molar-refractivity contribution in [1.29, 1.82) is 0 Å². The third-order valence-electron chi connectivity index (χ3n) is 0.384. The molecule has 0 saturated carbocycles. The van der Waals surface area contributed by atoms with Crippen LogP contribution in [0, 0.1) is 0 Å². The van der Waals surface area contributed by atoms with Gasteiger partial charge in [0.15, 0.2) is 0 Å². The van der Waals surface area contributed by atoms with Crippen molar-refractivity contribution in [2.24, 2.45) is 0 Å². The van der Waals surface area contributed by atoms with Crippen LogP contribution < -0.4 is 0 Å². The SMILES string of the molecule is C[SiH](O)O[SiH](C)Cl. The van der Waals surface area contributed by atoms with Gasteiger partial charge in [-0.05, 0) is 13.1 Å². The highest BCUT2D eigenvalue weighted by Crippen LogP contribution is 1.90. The maximum absolute atomic E-state index is 8.59. The summed E-state index contributed by atoms with van der Waals surface area (Å²) in [6.45, 7) is 3.51. The first-order valence-electron chi connectivity index (χ1n) is 2.10. The molecule has 0 bridgehead atoms. The smallest absolute Gasteiger partial charge is 0.305 e. The van der Waals surface area contributed by atoms with Crippen molar-refractivity contribution in [3.8, 4) is 0 Å². The van der Waals surface area contributed by atoms with Crippen molar-refractivity contribution in [1.82, 2.24) is 0 Å². The molecule has 0 heterocycles. The zero-order valence-electron chi connectivity index (χ0n) is 4.39. The van der Waals surface area contributed by atoms with E-state index in [0.29, 0.717) is 0 Å². The first-order valence-corrected chi connectivity index (χ1v) is 7.62. The Balaban J connectivity index is 2.95. The van der Waals surface area contributed by atoms with Gasteiger partial charge in [0.1, 0.15) is 0 Å². The third-order valence-corrected chi connectivity index (χ3v) is 4.39. The Morgan fingerprint density at radius 1 is 1.57 bits per heavy atom. The average molecular weight is 157 g/mol. The molecule has 2 unspecified atom stereocenters. The van der Waals surface area contributed by atoms with Gasteiger partial charge >= 0.3 is 9.28 Å². The predicted molar refractivity (Wildman–Crippen MR) is 35.2 cm³/mol. The van der Waals surface area contributed by atoms with E-state index in [2.05, 4.69) is 0 Å². The second-order valence-electron chi connectivity index (χ2n) is 1.28. The van der Waals surface area contributed by atoms with Gasteiger partial charge in [0, 0.05) is 0 Å². The lowest BCUT2D eigenvalue weighted by atomic mass is 11.9. The average Bonchev–Trinajstić information content (AvgIpc) is 1.27. The molecule has 0 aromatic carbocycles. The summed E-state index contributed by atoms with van der Waals surface area (Å²) >= 11 is 5.46. The largest absolute Gasteiger partial charge is 0.429 e. The van der Waals surface area contributed by atoms with Gasteiger partial charge < -0.3 is 8.91 Å². The second kappa shape index (κ2) is 3.62. The standard InChI is InChI=1S/C2H9ClO2Si2/c1-6(3)5-7(2)4/h4,6-7H,1-2H3. The van der Waals surface area contributed by atoms with Crippen molar-refractivity contribution in [3.05, 3.63) is 0 Å². The van der Waals surface area contributed by atoms with E-state index in [0.717, 1.165) is 0 Å². The summed E-state index contributed by atoms with van der Waals surface area (Å²) in [4.78, 5) is 8.59. The molecule has 1 N–H and O–H groups in total. The van der Waals surface area contributed by atoms with E-state index in [1.54, 1.807) is 6.55 Å². The van der Waals surface area contributed by atoms with Crippen LogP contribution >= 0.6 is 11.1 Å². The van der Waals surface area contributed by atoms with Gasteiger partial charge in [0.2, 0.25) is 0 Å². The molecule has 0 fully saturated rings. The van der Waals surface area contributed by atoms with Gasteiger partial charge in [0.25, 0.3) is 8.35 Å². The summed E-state index contributed by atoms with van der Waals surface area (Å²) < 4.78 is 4.85. The van der Waals surface area contributed by atoms with Crippen LogP contribution in [0.1, 0.15) is 0 Å². The monoisotopic (exact) mass is 156 g/mol. The maximum Gasteiger partial charge on any atom is 0.305 e. The van der Waals surface area contributed by atoms with E-state index in [1.165, 1.54) is 0 Å². The van der Waals surface area contributed by atoms with E-state index in [4.69, 9.17) is 20.0 Å². The Morgan fingerprint density at radius 2 is 2.00 bits per heavy atom. The van der Waals surface area contributed by atoms with E-state index >= 15 is 0 Å². The highest BCUT2D eigenvalue weighted by Gasteiger charge is 2.03. The minimum Gasteiger partial charge on any atom is -0.429 e. The third kappa shape index (κ3) is 6.64. The molecule has 0 rings (SSSR count). The Kier molecular flexibility index (Phi) is 3.96. The summed E-state index contributed by atoms with van der Waals surface area (Å²) in [7, 11) is -3.24. The van der Waals surface area contributed by atoms with Gasteiger partial charge in [-0.25, -0.2) is 0 Å². The number of hydrogen-bond acceptors (Lipinski definition) is 2. The van der Waals surface area contributed by atoms with Gasteiger partial charge in [-0.3, -0.25) is 0 Å². The zero-order valence-corrected chi connectivity index (χ0v) is 7.45. The number of rotatable bonds is 2. The normalized spacial score (nSPS) is 18.9. The van der Waals surface area contributed by atoms with Crippen LogP contribution in [0.5, 0.6) is 0 Å². The van der Waals surface area contributed by atoms with Crippen LogP contribution in [0.4, 0.5) is 0 Å². The molecule has 5 heteroatoms. The quantitative estimate of drug-likeness (QED) is 0.449. The van der Waals surface area contributed by atoms with E-state index in [1.807, 2.05) is 6.55 Å². The van der Waals surface area contributed by atoms with Crippen LogP contribution in [-0.4, -0.2) is 22.4 Å². The molecule has 44 valence electrons. The second-order valence-corrected chi connectivity index (χ2v) is 6.50. The molecule has 2 nitrogen and oxygen atoms in total.